The maximum absolute atomic E-state index is 12.3. The summed E-state index contributed by atoms with van der Waals surface area (Å²) >= 11 is 6.02. The Kier molecular flexibility index (Phi) is 7.56. The molecule has 1 amide bonds. The first-order chi connectivity index (χ1) is 13.0. The Morgan fingerprint density at radius 1 is 1.19 bits per heavy atom. The first-order valence-electron chi connectivity index (χ1n) is 7.99. The molecule has 7 heteroatoms. The van der Waals surface area contributed by atoms with Gasteiger partial charge < -0.3 is 14.8 Å². The average Bonchev–Trinajstić information content (AvgIpc) is 2.66. The van der Waals surface area contributed by atoms with Crippen molar-refractivity contribution in [2.45, 2.75) is 0 Å². The number of hydrogen-bond donors (Lipinski definition) is 1. The lowest BCUT2D eigenvalue weighted by molar-refractivity contribution is -0.139. The zero-order valence-corrected chi connectivity index (χ0v) is 15.3. The smallest absolute Gasteiger partial charge is 0.348 e. The van der Waals surface area contributed by atoms with Crippen LogP contribution < -0.4 is 5.32 Å². The molecule has 0 aliphatic rings. The fourth-order valence-corrected chi connectivity index (χ4v) is 2.37. The number of nitrogens with one attached hydrogen (secondary N) is 1. The molecule has 0 aliphatic heterocycles. The second kappa shape index (κ2) is 10.1. The van der Waals surface area contributed by atoms with E-state index in [2.05, 4.69) is 5.32 Å². The summed E-state index contributed by atoms with van der Waals surface area (Å²) in [4.78, 5) is 24.2. The van der Waals surface area contributed by atoms with Crippen molar-refractivity contribution in [1.82, 2.24) is 0 Å². The third-order valence-electron chi connectivity index (χ3n) is 3.43. The molecule has 2 rings (SSSR count). The lowest BCUT2D eigenvalue weighted by atomic mass is 10.1. The average molecular weight is 385 g/mol. The number of amides is 1. The van der Waals surface area contributed by atoms with E-state index in [9.17, 15) is 14.9 Å². The summed E-state index contributed by atoms with van der Waals surface area (Å²) in [7, 11) is 1.48. The van der Waals surface area contributed by atoms with Crippen LogP contribution in [0.1, 0.15) is 15.9 Å². The van der Waals surface area contributed by atoms with Crippen molar-refractivity contribution in [1.29, 1.82) is 5.26 Å². The van der Waals surface area contributed by atoms with Gasteiger partial charge in [0, 0.05) is 12.8 Å². The summed E-state index contributed by atoms with van der Waals surface area (Å²) in [5.74, 6) is -1.10. The van der Waals surface area contributed by atoms with E-state index in [1.54, 1.807) is 48.5 Å². The van der Waals surface area contributed by atoms with Crippen LogP contribution in [0.25, 0.3) is 6.08 Å². The van der Waals surface area contributed by atoms with E-state index in [0.29, 0.717) is 21.8 Å². The van der Waals surface area contributed by atoms with E-state index in [1.165, 1.54) is 13.2 Å². The minimum absolute atomic E-state index is 0.0578. The van der Waals surface area contributed by atoms with Gasteiger partial charge in [-0.1, -0.05) is 35.9 Å². The summed E-state index contributed by atoms with van der Waals surface area (Å²) in [6.45, 7) is 0.302. The maximum Gasteiger partial charge on any atom is 0.348 e. The fourth-order valence-electron chi connectivity index (χ4n) is 2.15. The van der Waals surface area contributed by atoms with Crippen LogP contribution in [0.15, 0.2) is 54.1 Å². The van der Waals surface area contributed by atoms with Gasteiger partial charge in [0.1, 0.15) is 18.2 Å². The minimum Gasteiger partial charge on any atom is -0.459 e. The molecule has 0 fully saturated rings. The molecule has 0 saturated heterocycles. The first-order valence-corrected chi connectivity index (χ1v) is 8.36. The Bertz CT molecular complexity index is 903. The van der Waals surface area contributed by atoms with Gasteiger partial charge in [0.25, 0.3) is 5.91 Å². The topological polar surface area (TPSA) is 88.4 Å². The SMILES string of the molecule is COCCOC(=O)/C(C#N)=C/c1cccc(NC(=O)c2ccccc2Cl)c1. The fraction of sp³-hybridized carbons (Fsp3) is 0.150. The molecule has 0 unspecified atom stereocenters. The van der Waals surface area contributed by atoms with Gasteiger partial charge >= 0.3 is 5.97 Å². The van der Waals surface area contributed by atoms with Crippen molar-refractivity contribution in [3.05, 3.63) is 70.3 Å². The van der Waals surface area contributed by atoms with Gasteiger partial charge in [-0.05, 0) is 35.9 Å². The number of carbonyl (C=O) groups excluding carboxylic acids is 2. The van der Waals surface area contributed by atoms with E-state index >= 15 is 0 Å². The number of halogens is 1. The third-order valence-corrected chi connectivity index (χ3v) is 3.76. The van der Waals surface area contributed by atoms with Crippen LogP contribution in [0.5, 0.6) is 0 Å². The number of nitriles is 1. The van der Waals surface area contributed by atoms with Crippen molar-refractivity contribution in [2.75, 3.05) is 25.6 Å². The third kappa shape index (κ3) is 5.96. The highest BCUT2D eigenvalue weighted by Crippen LogP contribution is 2.19. The Morgan fingerprint density at radius 2 is 1.96 bits per heavy atom. The molecule has 27 heavy (non-hydrogen) atoms. The van der Waals surface area contributed by atoms with E-state index in [1.807, 2.05) is 6.07 Å². The quantitative estimate of drug-likeness (QED) is 0.340. The van der Waals surface area contributed by atoms with E-state index in [4.69, 9.17) is 21.1 Å². The van der Waals surface area contributed by atoms with Crippen LogP contribution in [-0.2, 0) is 14.3 Å². The molecule has 0 saturated carbocycles. The first kappa shape index (κ1) is 20.2. The highest BCUT2D eigenvalue weighted by molar-refractivity contribution is 6.34. The predicted octanol–water partition coefficient (Wildman–Crippen LogP) is 3.69. The molecule has 0 heterocycles. The number of benzene rings is 2. The van der Waals surface area contributed by atoms with Crippen LogP contribution in [0.4, 0.5) is 5.69 Å². The van der Waals surface area contributed by atoms with E-state index < -0.39 is 5.97 Å². The number of hydrogen-bond acceptors (Lipinski definition) is 5. The Morgan fingerprint density at radius 3 is 2.67 bits per heavy atom. The van der Waals surface area contributed by atoms with Gasteiger partial charge in [-0.15, -0.1) is 0 Å². The molecule has 1 N–H and O–H groups in total. The van der Waals surface area contributed by atoms with Crippen molar-refractivity contribution in [3.63, 3.8) is 0 Å². The molecule has 0 spiro atoms. The molecular weight excluding hydrogens is 368 g/mol. The zero-order chi connectivity index (χ0) is 19.6. The van der Waals surface area contributed by atoms with Crippen molar-refractivity contribution in [3.8, 4) is 6.07 Å². The number of methoxy groups -OCH3 is 1. The van der Waals surface area contributed by atoms with Gasteiger partial charge in [-0.3, -0.25) is 4.79 Å². The van der Waals surface area contributed by atoms with Crippen LogP contribution in [0.2, 0.25) is 5.02 Å². The molecule has 2 aromatic carbocycles. The monoisotopic (exact) mass is 384 g/mol. The van der Waals surface area contributed by atoms with E-state index in [-0.39, 0.29) is 24.7 Å². The Hall–Kier alpha value is -3.14. The van der Waals surface area contributed by atoms with Gasteiger partial charge in [-0.2, -0.15) is 5.26 Å². The second-order valence-electron chi connectivity index (χ2n) is 5.36. The Labute approximate surface area is 162 Å². The van der Waals surface area contributed by atoms with Crippen molar-refractivity contribution >= 4 is 35.2 Å². The molecule has 2 aromatic rings. The van der Waals surface area contributed by atoms with Crippen LogP contribution in [0, 0.1) is 11.3 Å². The van der Waals surface area contributed by atoms with Crippen LogP contribution >= 0.6 is 11.6 Å². The van der Waals surface area contributed by atoms with Gasteiger partial charge in [0.15, 0.2) is 0 Å². The zero-order valence-electron chi connectivity index (χ0n) is 14.6. The lowest BCUT2D eigenvalue weighted by Gasteiger charge is -2.08. The van der Waals surface area contributed by atoms with E-state index in [0.717, 1.165) is 0 Å². The minimum atomic E-state index is -0.736. The largest absolute Gasteiger partial charge is 0.459 e. The predicted molar refractivity (Wildman–Crippen MR) is 102 cm³/mol. The van der Waals surface area contributed by atoms with Crippen molar-refractivity contribution < 1.29 is 19.1 Å². The Balaban J connectivity index is 2.14. The molecule has 6 nitrogen and oxygen atoms in total. The number of esters is 1. The van der Waals surface area contributed by atoms with Gasteiger partial charge in [0.2, 0.25) is 0 Å². The lowest BCUT2D eigenvalue weighted by Crippen LogP contribution is -2.12. The van der Waals surface area contributed by atoms with Crippen LogP contribution in [0.3, 0.4) is 0 Å². The number of nitrogens with zero attached hydrogens (tertiary/aromatic N) is 1. The molecule has 0 atom stereocenters. The molecule has 0 aromatic heterocycles. The number of rotatable bonds is 7. The summed E-state index contributed by atoms with van der Waals surface area (Å²) in [5, 5.41) is 12.3. The van der Waals surface area contributed by atoms with Crippen LogP contribution in [-0.4, -0.2) is 32.2 Å². The summed E-state index contributed by atoms with van der Waals surface area (Å²) in [6, 6.07) is 15.2. The van der Waals surface area contributed by atoms with Gasteiger partial charge in [-0.25, -0.2) is 4.79 Å². The van der Waals surface area contributed by atoms with Crippen molar-refractivity contribution in [2.24, 2.45) is 0 Å². The molecule has 0 bridgehead atoms. The highest BCUT2D eigenvalue weighted by atomic mass is 35.5. The molecule has 0 radical (unpaired) electrons. The summed E-state index contributed by atoms with van der Waals surface area (Å²) < 4.78 is 9.73. The molecule has 138 valence electrons. The molecule has 0 aliphatic carbocycles. The summed E-state index contributed by atoms with van der Waals surface area (Å²) in [5.41, 5.74) is 1.26. The standard InChI is InChI=1S/C20H17ClN2O4/c1-26-9-10-27-20(25)15(13-22)11-14-5-4-6-16(12-14)23-19(24)17-7-2-3-8-18(17)21/h2-8,11-12H,9-10H2,1H3,(H,23,24)/b15-11+. The summed E-state index contributed by atoms with van der Waals surface area (Å²) in [6.07, 6.45) is 1.39. The number of ether oxygens (including phenoxy) is 2. The second-order valence-corrected chi connectivity index (χ2v) is 5.77. The molecular formula is C20H17ClN2O4. The maximum atomic E-state index is 12.3. The normalized spacial score (nSPS) is 10.8. The van der Waals surface area contributed by atoms with Gasteiger partial charge in [0.05, 0.1) is 17.2 Å². The number of carbonyl (C=O) groups is 2. The number of anilines is 1. The highest BCUT2D eigenvalue weighted by Gasteiger charge is 2.12.